The summed E-state index contributed by atoms with van der Waals surface area (Å²) in [5.41, 5.74) is 3.15. The summed E-state index contributed by atoms with van der Waals surface area (Å²) in [6.45, 7) is 11.3. The van der Waals surface area contributed by atoms with Gasteiger partial charge in [-0.1, -0.05) is 24.3 Å². The number of anilines is 2. The third kappa shape index (κ3) is 8.53. The van der Waals surface area contributed by atoms with Gasteiger partial charge in [0.2, 0.25) is 0 Å². The maximum Gasteiger partial charge on any atom is 0.349 e. The molecule has 2 rings (SSSR count). The Balaban J connectivity index is 1.91. The van der Waals surface area contributed by atoms with Gasteiger partial charge in [0.25, 0.3) is 0 Å². The van der Waals surface area contributed by atoms with E-state index < -0.39 is 11.9 Å². The van der Waals surface area contributed by atoms with E-state index in [9.17, 15) is 20.1 Å². The molecule has 0 spiro atoms. The first-order valence-corrected chi connectivity index (χ1v) is 12.7. The number of esters is 2. The van der Waals surface area contributed by atoms with Crippen molar-refractivity contribution >= 4 is 35.5 Å². The zero-order valence-corrected chi connectivity index (χ0v) is 22.4. The third-order valence-electron chi connectivity index (χ3n) is 5.90. The minimum absolute atomic E-state index is 0.169. The molecule has 0 aromatic heterocycles. The maximum absolute atomic E-state index is 12.3. The second-order valence-electron chi connectivity index (χ2n) is 8.14. The van der Waals surface area contributed by atoms with E-state index in [1.54, 1.807) is 0 Å². The smallest absolute Gasteiger partial charge is 0.349 e. The Bertz CT molecular complexity index is 1110. The molecule has 0 amide bonds. The fraction of sp³-hybridized carbons (Fsp3) is 0.333. The van der Waals surface area contributed by atoms with E-state index in [-0.39, 0.29) is 24.4 Å². The van der Waals surface area contributed by atoms with Crippen molar-refractivity contribution in [3.8, 4) is 12.1 Å². The molecule has 0 saturated carbocycles. The summed E-state index contributed by atoms with van der Waals surface area (Å²) >= 11 is 0. The number of carbonyl (C=O) groups excluding carboxylic acids is 2. The number of carbonyl (C=O) groups is 2. The summed E-state index contributed by atoms with van der Waals surface area (Å²) in [4.78, 5) is 29.0. The van der Waals surface area contributed by atoms with Crippen LogP contribution in [-0.2, 0) is 19.1 Å². The lowest BCUT2D eigenvalue weighted by atomic mass is 10.1. The highest BCUT2D eigenvalue weighted by molar-refractivity contribution is 5.98. The summed E-state index contributed by atoms with van der Waals surface area (Å²) in [6.07, 6.45) is 2.89. The van der Waals surface area contributed by atoms with Gasteiger partial charge in [-0.05, 0) is 75.2 Å². The number of benzene rings is 2. The summed E-state index contributed by atoms with van der Waals surface area (Å²) < 4.78 is 10.2. The van der Waals surface area contributed by atoms with E-state index in [1.165, 1.54) is 12.2 Å². The zero-order chi connectivity index (χ0) is 27.9. The lowest BCUT2D eigenvalue weighted by Crippen LogP contribution is -2.21. The quantitative estimate of drug-likeness (QED) is 0.159. The minimum Gasteiger partial charge on any atom is -0.458 e. The highest BCUT2D eigenvalue weighted by atomic mass is 16.6. The predicted molar refractivity (Wildman–Crippen MR) is 149 cm³/mol. The van der Waals surface area contributed by atoms with Crippen molar-refractivity contribution in [2.45, 2.75) is 27.7 Å². The molecule has 0 aliphatic rings. The number of nitriles is 2. The topological polar surface area (TPSA) is 107 Å². The zero-order valence-electron chi connectivity index (χ0n) is 22.4. The highest BCUT2D eigenvalue weighted by Crippen LogP contribution is 2.18. The van der Waals surface area contributed by atoms with Crippen LogP contribution in [0, 0.1) is 22.7 Å². The van der Waals surface area contributed by atoms with Crippen LogP contribution in [0.25, 0.3) is 12.2 Å². The van der Waals surface area contributed by atoms with Gasteiger partial charge in [0.15, 0.2) is 0 Å². The lowest BCUT2D eigenvalue weighted by molar-refractivity contribution is -0.146. The molecule has 0 bridgehead atoms. The Hall–Kier alpha value is -4.56. The summed E-state index contributed by atoms with van der Waals surface area (Å²) in [7, 11) is 0. The molecule has 38 heavy (non-hydrogen) atoms. The highest BCUT2D eigenvalue weighted by Gasteiger charge is 2.14. The van der Waals surface area contributed by atoms with E-state index in [2.05, 4.69) is 37.5 Å². The van der Waals surface area contributed by atoms with Crippen molar-refractivity contribution in [2.75, 3.05) is 49.2 Å². The van der Waals surface area contributed by atoms with Gasteiger partial charge in [-0.15, -0.1) is 0 Å². The van der Waals surface area contributed by atoms with Crippen molar-refractivity contribution in [3.63, 3.8) is 0 Å². The fourth-order valence-electron chi connectivity index (χ4n) is 3.77. The van der Waals surface area contributed by atoms with Crippen molar-refractivity contribution in [2.24, 2.45) is 0 Å². The van der Waals surface area contributed by atoms with E-state index in [0.29, 0.717) is 11.1 Å². The molecular formula is C30H34N4O4. The van der Waals surface area contributed by atoms with Crippen LogP contribution in [0.2, 0.25) is 0 Å². The standard InChI is InChI=1S/C30H34N4O4/c1-5-33(6-2)27-13-9-23(10-14-27)19-25(21-31)29(35)37-17-18-38-30(36)26(22-32)20-24-11-15-28(16-12-24)34(7-3)8-4/h9-16,19-20H,5-8,17-18H2,1-4H3/b25-19+,26-20+. The molecule has 0 atom stereocenters. The molecule has 0 heterocycles. The Kier molecular flexibility index (Phi) is 12.1. The molecule has 0 N–H and O–H groups in total. The molecule has 0 radical (unpaired) electrons. The molecular weight excluding hydrogens is 480 g/mol. The van der Waals surface area contributed by atoms with Crippen molar-refractivity contribution in [1.82, 2.24) is 0 Å². The normalized spacial score (nSPS) is 11.2. The number of ether oxygens (including phenoxy) is 2. The van der Waals surface area contributed by atoms with Crippen LogP contribution in [0.5, 0.6) is 0 Å². The molecule has 0 aliphatic heterocycles. The Morgan fingerprint density at radius 1 is 0.658 bits per heavy atom. The van der Waals surface area contributed by atoms with Crippen LogP contribution in [0.3, 0.4) is 0 Å². The van der Waals surface area contributed by atoms with E-state index >= 15 is 0 Å². The minimum atomic E-state index is -0.819. The van der Waals surface area contributed by atoms with E-state index in [4.69, 9.17) is 9.47 Å². The van der Waals surface area contributed by atoms with Crippen LogP contribution in [0.4, 0.5) is 11.4 Å². The van der Waals surface area contributed by atoms with E-state index in [0.717, 1.165) is 37.6 Å². The molecule has 2 aromatic carbocycles. The molecule has 198 valence electrons. The molecule has 0 fully saturated rings. The molecule has 8 heteroatoms. The lowest BCUT2D eigenvalue weighted by Gasteiger charge is -2.20. The summed E-state index contributed by atoms with van der Waals surface area (Å²) in [5.74, 6) is -1.64. The van der Waals surface area contributed by atoms with Crippen molar-refractivity contribution in [1.29, 1.82) is 10.5 Å². The van der Waals surface area contributed by atoms with Gasteiger partial charge in [0.05, 0.1) is 0 Å². The number of nitrogens with zero attached hydrogens (tertiary/aromatic N) is 4. The molecule has 2 aromatic rings. The van der Waals surface area contributed by atoms with Gasteiger partial charge in [0.1, 0.15) is 36.5 Å². The third-order valence-corrected chi connectivity index (χ3v) is 5.90. The second kappa shape index (κ2) is 15.5. The first-order chi connectivity index (χ1) is 18.4. The Labute approximate surface area is 225 Å². The average Bonchev–Trinajstić information content (AvgIpc) is 2.95. The Morgan fingerprint density at radius 3 is 1.24 bits per heavy atom. The first kappa shape index (κ1) is 29.7. The van der Waals surface area contributed by atoms with Crippen molar-refractivity contribution < 1.29 is 19.1 Å². The maximum atomic E-state index is 12.3. The van der Waals surface area contributed by atoms with Gasteiger partial charge in [-0.3, -0.25) is 0 Å². The largest absolute Gasteiger partial charge is 0.458 e. The van der Waals surface area contributed by atoms with Crippen LogP contribution in [-0.4, -0.2) is 51.3 Å². The predicted octanol–water partition coefficient (Wildman–Crippen LogP) is 4.98. The van der Waals surface area contributed by atoms with Crippen LogP contribution >= 0.6 is 0 Å². The Morgan fingerprint density at radius 2 is 0.974 bits per heavy atom. The molecule has 0 saturated heterocycles. The summed E-state index contributed by atoms with van der Waals surface area (Å²) in [5, 5.41) is 18.8. The second-order valence-corrected chi connectivity index (χ2v) is 8.14. The van der Waals surface area contributed by atoms with Crippen LogP contribution in [0.1, 0.15) is 38.8 Å². The molecule has 0 aliphatic carbocycles. The van der Waals surface area contributed by atoms with Gasteiger partial charge in [-0.25, -0.2) is 9.59 Å². The van der Waals surface area contributed by atoms with Crippen molar-refractivity contribution in [3.05, 3.63) is 70.8 Å². The van der Waals surface area contributed by atoms with Gasteiger partial charge in [0, 0.05) is 37.6 Å². The van der Waals surface area contributed by atoms with Crippen LogP contribution in [0.15, 0.2) is 59.7 Å². The first-order valence-electron chi connectivity index (χ1n) is 12.7. The number of rotatable bonds is 13. The van der Waals surface area contributed by atoms with Crippen LogP contribution < -0.4 is 9.80 Å². The van der Waals surface area contributed by atoms with E-state index in [1.807, 2.05) is 60.7 Å². The molecule has 0 unspecified atom stereocenters. The average molecular weight is 515 g/mol. The number of hydrogen-bond donors (Lipinski definition) is 0. The van der Waals surface area contributed by atoms with Gasteiger partial charge in [-0.2, -0.15) is 10.5 Å². The molecule has 8 nitrogen and oxygen atoms in total. The monoisotopic (exact) mass is 514 g/mol. The SMILES string of the molecule is CCN(CC)c1ccc(/C=C(\C#N)C(=O)OCCOC(=O)/C(C#N)=C/c2ccc(N(CC)CC)cc2)cc1. The fourth-order valence-corrected chi connectivity index (χ4v) is 3.77. The van der Waals surface area contributed by atoms with Gasteiger partial charge < -0.3 is 19.3 Å². The van der Waals surface area contributed by atoms with Gasteiger partial charge >= 0.3 is 11.9 Å². The summed E-state index contributed by atoms with van der Waals surface area (Å²) in [6, 6.07) is 18.7. The number of hydrogen-bond acceptors (Lipinski definition) is 8.